The Morgan fingerprint density at radius 3 is 2.31 bits per heavy atom. The zero-order valence-corrected chi connectivity index (χ0v) is 15.0. The van der Waals surface area contributed by atoms with Crippen LogP contribution in [0.1, 0.15) is 55.8 Å². The van der Waals surface area contributed by atoms with E-state index in [1.165, 1.54) is 19.2 Å². The lowest BCUT2D eigenvalue weighted by Crippen LogP contribution is -2.02. The average molecular weight is 360 g/mol. The number of hydrogen-bond donors (Lipinski definition) is 3. The van der Waals surface area contributed by atoms with Crippen molar-refractivity contribution in [1.82, 2.24) is 0 Å². The van der Waals surface area contributed by atoms with E-state index in [1.807, 2.05) is 0 Å². The summed E-state index contributed by atoms with van der Waals surface area (Å²) in [6, 6.07) is 3.85. The van der Waals surface area contributed by atoms with Gasteiger partial charge in [-0.05, 0) is 23.9 Å². The number of ether oxygens (including phenoxy) is 1. The topological polar surface area (TPSA) is 104 Å². The van der Waals surface area contributed by atoms with Crippen molar-refractivity contribution in [2.45, 2.75) is 45.4 Å². The Balaban J connectivity index is 2.46. The Kier molecular flexibility index (Phi) is 6.44. The number of hydrogen-bond acceptors (Lipinski definition) is 6. The number of aromatic hydroxyl groups is 3. The highest BCUT2D eigenvalue weighted by Crippen LogP contribution is 2.43. The van der Waals surface area contributed by atoms with E-state index in [4.69, 9.17) is 4.74 Å². The van der Waals surface area contributed by atoms with Crippen molar-refractivity contribution < 1.29 is 24.9 Å². The summed E-state index contributed by atoms with van der Waals surface area (Å²) < 4.78 is 4.98. The molecule has 2 rings (SSSR count). The Hall–Kier alpha value is -2.76. The molecule has 0 saturated heterocycles. The molecule has 0 aromatic heterocycles. The minimum Gasteiger partial charge on any atom is -0.504 e. The number of methoxy groups -OCH3 is 1. The lowest BCUT2D eigenvalue weighted by molar-refractivity contribution is 0.0979. The fourth-order valence-corrected chi connectivity index (χ4v) is 2.91. The van der Waals surface area contributed by atoms with Crippen molar-refractivity contribution in [2.24, 2.45) is 0 Å². The molecule has 0 radical (unpaired) electrons. The van der Waals surface area contributed by atoms with E-state index in [0.29, 0.717) is 6.42 Å². The summed E-state index contributed by atoms with van der Waals surface area (Å²) in [7, 11) is 1.31. The van der Waals surface area contributed by atoms with Crippen LogP contribution in [0.2, 0.25) is 0 Å². The Bertz CT molecular complexity index is 872. The zero-order valence-electron chi connectivity index (χ0n) is 15.0. The predicted octanol–water partition coefficient (Wildman–Crippen LogP) is 3.87. The lowest BCUT2D eigenvalue weighted by Gasteiger charge is -2.07. The van der Waals surface area contributed by atoms with Crippen LogP contribution in [0.25, 0.3) is 10.8 Å². The van der Waals surface area contributed by atoms with Crippen LogP contribution in [0, 0.1) is 0 Å². The van der Waals surface area contributed by atoms with Gasteiger partial charge in [-0.3, -0.25) is 9.59 Å². The molecule has 0 fully saturated rings. The summed E-state index contributed by atoms with van der Waals surface area (Å²) in [6.07, 6.45) is 5.28. The molecule has 0 aliphatic carbocycles. The number of unbranched alkanes of at least 4 members (excludes halogenated alkanes) is 4. The number of benzene rings is 1. The van der Waals surface area contributed by atoms with Crippen molar-refractivity contribution in [3.05, 3.63) is 34.0 Å². The van der Waals surface area contributed by atoms with Gasteiger partial charge in [-0.2, -0.15) is 0 Å². The molecule has 0 aliphatic heterocycles. The monoisotopic (exact) mass is 360 g/mol. The van der Waals surface area contributed by atoms with Gasteiger partial charge in [0.25, 0.3) is 0 Å². The van der Waals surface area contributed by atoms with Crippen LogP contribution in [-0.2, 0) is 0 Å². The van der Waals surface area contributed by atoms with Gasteiger partial charge in [0.05, 0.1) is 12.5 Å². The summed E-state index contributed by atoms with van der Waals surface area (Å²) >= 11 is 0. The molecular formula is C20H24O6. The van der Waals surface area contributed by atoms with Gasteiger partial charge in [0, 0.05) is 18.1 Å². The van der Waals surface area contributed by atoms with Crippen LogP contribution < -0.4 is 10.2 Å². The van der Waals surface area contributed by atoms with Crippen LogP contribution in [0.3, 0.4) is 0 Å². The maximum absolute atomic E-state index is 12.5. The third kappa shape index (κ3) is 4.07. The van der Waals surface area contributed by atoms with E-state index < -0.39 is 22.7 Å². The molecule has 0 aliphatic rings. The predicted molar refractivity (Wildman–Crippen MR) is 99.5 cm³/mol. The van der Waals surface area contributed by atoms with E-state index in [2.05, 4.69) is 6.92 Å². The number of carbonyl (C=O) groups is 1. The van der Waals surface area contributed by atoms with Gasteiger partial charge >= 0.3 is 0 Å². The van der Waals surface area contributed by atoms with E-state index in [1.54, 1.807) is 0 Å². The van der Waals surface area contributed by atoms with Crippen molar-refractivity contribution >= 4 is 16.6 Å². The molecule has 0 saturated carbocycles. The first-order valence-electron chi connectivity index (χ1n) is 8.73. The van der Waals surface area contributed by atoms with Crippen LogP contribution in [0.15, 0.2) is 23.0 Å². The number of phenolic OH excluding ortho intramolecular Hbond substituents is 2. The van der Waals surface area contributed by atoms with Crippen LogP contribution in [0.5, 0.6) is 23.0 Å². The first-order chi connectivity index (χ1) is 12.4. The number of phenols is 2. The first-order valence-corrected chi connectivity index (χ1v) is 8.73. The second-order valence-corrected chi connectivity index (χ2v) is 6.28. The molecule has 0 bridgehead atoms. The van der Waals surface area contributed by atoms with Crippen LogP contribution >= 0.6 is 0 Å². The van der Waals surface area contributed by atoms with Crippen molar-refractivity contribution in [2.75, 3.05) is 7.11 Å². The second-order valence-electron chi connectivity index (χ2n) is 6.28. The third-order valence-corrected chi connectivity index (χ3v) is 4.39. The summed E-state index contributed by atoms with van der Waals surface area (Å²) in [4.78, 5) is 24.6. The van der Waals surface area contributed by atoms with Crippen LogP contribution in [0.4, 0.5) is 0 Å². The molecule has 6 nitrogen and oxygen atoms in total. The second kappa shape index (κ2) is 8.56. The van der Waals surface area contributed by atoms with Crippen molar-refractivity contribution in [3.8, 4) is 23.0 Å². The van der Waals surface area contributed by atoms with Gasteiger partial charge < -0.3 is 20.1 Å². The highest BCUT2D eigenvalue weighted by atomic mass is 16.5. The number of fused-ring (bicyclic) bond motifs is 1. The fourth-order valence-electron chi connectivity index (χ4n) is 2.91. The smallest absolute Gasteiger partial charge is 0.221 e. The molecule has 0 unspecified atom stereocenters. The molecule has 3 N–H and O–H groups in total. The normalized spacial score (nSPS) is 10.8. The SMILES string of the molecule is CCCCCCCC(=O)c1cc(=O)c(O)c2c(O)c(O)c(OC)cc2c1. The average Bonchev–Trinajstić information content (AvgIpc) is 2.74. The molecule has 140 valence electrons. The zero-order chi connectivity index (χ0) is 19.3. The summed E-state index contributed by atoms with van der Waals surface area (Å²) in [5.41, 5.74) is -0.642. The number of rotatable bonds is 8. The molecular weight excluding hydrogens is 336 g/mol. The van der Waals surface area contributed by atoms with Gasteiger partial charge in [0.15, 0.2) is 23.0 Å². The van der Waals surface area contributed by atoms with Gasteiger partial charge in [-0.1, -0.05) is 32.6 Å². The van der Waals surface area contributed by atoms with E-state index in [0.717, 1.165) is 38.2 Å². The number of Topliss-reactive ketones (excluding diaryl/α,β-unsaturated/α-hetero) is 1. The first kappa shape index (κ1) is 19.6. The molecule has 6 heteroatoms. The largest absolute Gasteiger partial charge is 0.504 e. The summed E-state index contributed by atoms with van der Waals surface area (Å²) in [6.45, 7) is 2.12. The highest BCUT2D eigenvalue weighted by Gasteiger charge is 2.18. The summed E-state index contributed by atoms with van der Waals surface area (Å²) in [5, 5.41) is 30.2. The fraction of sp³-hybridized carbons (Fsp3) is 0.400. The van der Waals surface area contributed by atoms with E-state index in [-0.39, 0.29) is 27.9 Å². The molecule has 0 spiro atoms. The van der Waals surface area contributed by atoms with Crippen LogP contribution in [-0.4, -0.2) is 28.2 Å². The lowest BCUT2D eigenvalue weighted by atomic mass is 10.0. The highest BCUT2D eigenvalue weighted by molar-refractivity contribution is 6.02. The molecule has 2 aromatic rings. The molecule has 26 heavy (non-hydrogen) atoms. The maximum Gasteiger partial charge on any atom is 0.221 e. The molecule has 0 heterocycles. The van der Waals surface area contributed by atoms with Gasteiger partial charge in [0.2, 0.25) is 11.2 Å². The number of ketones is 1. The van der Waals surface area contributed by atoms with Gasteiger partial charge in [-0.15, -0.1) is 0 Å². The molecule has 2 aromatic carbocycles. The Labute approximate surface area is 151 Å². The molecule has 0 atom stereocenters. The van der Waals surface area contributed by atoms with Gasteiger partial charge in [-0.25, -0.2) is 0 Å². The standard InChI is InChI=1S/C20H24O6/c1-3-4-5-6-7-8-14(21)12-9-13-11-16(26-2)19(24)20(25)17(13)18(23)15(22)10-12/h9-11,24-25H,3-8H2,1-2H3,(H,22,23). The number of carbonyl (C=O) groups excluding carboxylic acids is 1. The van der Waals surface area contributed by atoms with Crippen molar-refractivity contribution in [1.29, 1.82) is 0 Å². The third-order valence-electron chi connectivity index (χ3n) is 4.39. The minimum absolute atomic E-state index is 0.0222. The van der Waals surface area contributed by atoms with Crippen molar-refractivity contribution in [3.63, 3.8) is 0 Å². The van der Waals surface area contributed by atoms with E-state index >= 15 is 0 Å². The molecule has 0 amide bonds. The van der Waals surface area contributed by atoms with Gasteiger partial charge in [0.1, 0.15) is 0 Å². The minimum atomic E-state index is -0.797. The summed E-state index contributed by atoms with van der Waals surface area (Å²) in [5.74, 6) is -2.20. The van der Waals surface area contributed by atoms with E-state index in [9.17, 15) is 24.9 Å². The Morgan fingerprint density at radius 2 is 1.65 bits per heavy atom. The maximum atomic E-state index is 12.5. The quantitative estimate of drug-likeness (QED) is 0.375. The Morgan fingerprint density at radius 1 is 0.962 bits per heavy atom.